The minimum atomic E-state index is -0.782. The van der Waals surface area contributed by atoms with E-state index in [1.165, 1.54) is 25.3 Å². The Morgan fingerprint density at radius 2 is 1.83 bits per heavy atom. The van der Waals surface area contributed by atoms with Crippen LogP contribution in [0.5, 0.6) is 0 Å². The largest absolute Gasteiger partial charge is 0.318 e. The van der Waals surface area contributed by atoms with Crippen LogP contribution >= 0.6 is 23.2 Å². The molecule has 2 aromatic carbocycles. The van der Waals surface area contributed by atoms with Gasteiger partial charge in [0.2, 0.25) is 0 Å². The molecule has 0 unspecified atom stereocenters. The molecule has 0 bridgehead atoms. The van der Waals surface area contributed by atoms with Gasteiger partial charge in [-0.15, -0.1) is 0 Å². The zero-order valence-electron chi connectivity index (χ0n) is 15.5. The Morgan fingerprint density at radius 3 is 2.41 bits per heavy atom. The highest BCUT2D eigenvalue weighted by atomic mass is 35.5. The van der Waals surface area contributed by atoms with Gasteiger partial charge in [0.15, 0.2) is 5.78 Å². The number of anilines is 1. The first-order chi connectivity index (χ1) is 13.8. The molecule has 0 saturated carbocycles. The molecule has 7 heteroatoms. The Labute approximate surface area is 177 Å². The molecule has 2 aromatic rings. The standard InChI is InChI=1S/C22H16Cl2F2N2O/c1-4-14(13(3)29)11-28-12(2)10-27-22(19-16(25)6-5-7-17(19)26)20-18(28)9-8-15(23)21(20)24/h4-9,11H,1-2,10H2,3H3/b14-11-. The number of aliphatic imine (C=N–C) groups is 1. The first-order valence-corrected chi connectivity index (χ1v) is 9.31. The van der Waals surface area contributed by atoms with E-state index in [9.17, 15) is 13.6 Å². The summed E-state index contributed by atoms with van der Waals surface area (Å²) < 4.78 is 29.1. The second-order valence-corrected chi connectivity index (χ2v) is 7.08. The fraction of sp³-hybridized carbons (Fsp3) is 0.0909. The highest BCUT2D eigenvalue weighted by Crippen LogP contribution is 2.39. The normalized spacial score (nSPS) is 14.2. The number of hydrogen-bond donors (Lipinski definition) is 0. The number of allylic oxidation sites excluding steroid dienone is 2. The van der Waals surface area contributed by atoms with E-state index < -0.39 is 11.6 Å². The Kier molecular flexibility index (Phi) is 6.01. The van der Waals surface area contributed by atoms with E-state index in [0.29, 0.717) is 17.0 Å². The summed E-state index contributed by atoms with van der Waals surface area (Å²) in [5, 5.41) is 0.281. The minimum absolute atomic E-state index is 0.0168. The molecular formula is C22H16Cl2F2N2O. The van der Waals surface area contributed by atoms with Gasteiger partial charge in [0.05, 0.1) is 33.6 Å². The molecule has 0 atom stereocenters. The van der Waals surface area contributed by atoms with Gasteiger partial charge in [0.25, 0.3) is 0 Å². The van der Waals surface area contributed by atoms with Crippen molar-refractivity contribution in [3.8, 4) is 0 Å². The fourth-order valence-corrected chi connectivity index (χ4v) is 3.38. The van der Waals surface area contributed by atoms with E-state index in [4.69, 9.17) is 23.2 Å². The molecule has 148 valence electrons. The molecule has 0 amide bonds. The second kappa shape index (κ2) is 8.31. The number of benzodiazepines with no additional fused rings is 1. The van der Waals surface area contributed by atoms with Crippen molar-refractivity contribution in [2.45, 2.75) is 6.92 Å². The maximum absolute atomic E-state index is 14.6. The maximum Gasteiger partial charge on any atom is 0.161 e. The predicted octanol–water partition coefficient (Wildman–Crippen LogP) is 6.10. The second-order valence-electron chi connectivity index (χ2n) is 6.30. The number of nitrogens with zero attached hydrogens (tertiary/aromatic N) is 2. The number of ketones is 1. The molecule has 0 saturated heterocycles. The Balaban J connectivity index is 2.35. The minimum Gasteiger partial charge on any atom is -0.318 e. The zero-order chi connectivity index (χ0) is 21.3. The molecule has 1 aliphatic rings. The molecule has 1 heterocycles. The number of carbonyl (C=O) groups is 1. The van der Waals surface area contributed by atoms with Gasteiger partial charge < -0.3 is 4.90 Å². The number of rotatable bonds is 4. The quantitative estimate of drug-likeness (QED) is 0.431. The molecule has 0 aliphatic carbocycles. The molecule has 1 aliphatic heterocycles. The smallest absolute Gasteiger partial charge is 0.161 e. The number of halogens is 4. The first-order valence-electron chi connectivity index (χ1n) is 8.55. The lowest BCUT2D eigenvalue weighted by Crippen LogP contribution is -2.19. The van der Waals surface area contributed by atoms with Crippen molar-refractivity contribution in [3.05, 3.63) is 99.8 Å². The number of benzene rings is 2. The third-order valence-electron chi connectivity index (χ3n) is 4.42. The molecule has 0 radical (unpaired) electrons. The van der Waals surface area contributed by atoms with Gasteiger partial charge in [-0.05, 0) is 31.2 Å². The molecule has 3 rings (SSSR count). The molecule has 0 aromatic heterocycles. The van der Waals surface area contributed by atoms with Crippen LogP contribution in [0.4, 0.5) is 14.5 Å². The van der Waals surface area contributed by atoms with Gasteiger partial charge in [-0.1, -0.05) is 48.5 Å². The van der Waals surface area contributed by atoms with Gasteiger partial charge in [0.1, 0.15) is 11.6 Å². The van der Waals surface area contributed by atoms with Crippen LogP contribution < -0.4 is 4.90 Å². The Bertz CT molecular complexity index is 1090. The summed E-state index contributed by atoms with van der Waals surface area (Å²) in [7, 11) is 0. The van der Waals surface area contributed by atoms with Crippen LogP contribution in [0.15, 0.2) is 72.0 Å². The van der Waals surface area contributed by atoms with Gasteiger partial charge in [-0.25, -0.2) is 8.78 Å². The van der Waals surface area contributed by atoms with Crippen LogP contribution in [-0.4, -0.2) is 18.0 Å². The number of carbonyl (C=O) groups excluding carboxylic acids is 1. The topological polar surface area (TPSA) is 32.7 Å². The summed E-state index contributed by atoms with van der Waals surface area (Å²) in [6.45, 7) is 9.06. The van der Waals surface area contributed by atoms with Crippen LogP contribution in [0.1, 0.15) is 18.1 Å². The van der Waals surface area contributed by atoms with Crippen molar-refractivity contribution >= 4 is 40.4 Å². The van der Waals surface area contributed by atoms with Gasteiger partial charge in [0, 0.05) is 23.0 Å². The Hall–Kier alpha value is -2.76. The van der Waals surface area contributed by atoms with E-state index >= 15 is 0 Å². The van der Waals surface area contributed by atoms with E-state index in [-0.39, 0.29) is 39.2 Å². The highest BCUT2D eigenvalue weighted by molar-refractivity contribution is 6.45. The van der Waals surface area contributed by atoms with Crippen LogP contribution in [-0.2, 0) is 4.79 Å². The summed E-state index contributed by atoms with van der Waals surface area (Å²) in [5.41, 5.74) is 1.17. The third-order valence-corrected chi connectivity index (χ3v) is 5.23. The monoisotopic (exact) mass is 432 g/mol. The van der Waals surface area contributed by atoms with E-state index in [1.54, 1.807) is 17.0 Å². The van der Waals surface area contributed by atoms with E-state index in [2.05, 4.69) is 18.2 Å². The molecule has 29 heavy (non-hydrogen) atoms. The van der Waals surface area contributed by atoms with Crippen molar-refractivity contribution in [1.82, 2.24) is 0 Å². The maximum atomic E-state index is 14.6. The van der Waals surface area contributed by atoms with Crippen molar-refractivity contribution < 1.29 is 13.6 Å². The van der Waals surface area contributed by atoms with E-state index in [1.807, 2.05) is 0 Å². The van der Waals surface area contributed by atoms with Crippen molar-refractivity contribution in [2.24, 2.45) is 4.99 Å². The van der Waals surface area contributed by atoms with Crippen molar-refractivity contribution in [1.29, 1.82) is 0 Å². The van der Waals surface area contributed by atoms with Crippen LogP contribution in [0.3, 0.4) is 0 Å². The lowest BCUT2D eigenvalue weighted by molar-refractivity contribution is -0.113. The predicted molar refractivity (Wildman–Crippen MR) is 114 cm³/mol. The van der Waals surface area contributed by atoms with Gasteiger partial charge >= 0.3 is 0 Å². The lowest BCUT2D eigenvalue weighted by Gasteiger charge is -2.24. The van der Waals surface area contributed by atoms with Crippen LogP contribution in [0.25, 0.3) is 0 Å². The average Bonchev–Trinajstić information content (AvgIpc) is 2.80. The summed E-state index contributed by atoms with van der Waals surface area (Å²) in [6.07, 6.45) is 2.95. The summed E-state index contributed by atoms with van der Waals surface area (Å²) >= 11 is 12.7. The van der Waals surface area contributed by atoms with Gasteiger partial charge in [-0.2, -0.15) is 0 Å². The molecule has 3 nitrogen and oxygen atoms in total. The summed E-state index contributed by atoms with van der Waals surface area (Å²) in [4.78, 5) is 17.9. The number of Topliss-reactive ketones (excluding diaryl/α,β-unsaturated/α-hetero) is 1. The van der Waals surface area contributed by atoms with Crippen molar-refractivity contribution in [3.63, 3.8) is 0 Å². The first kappa shape index (κ1) is 21.0. The fourth-order valence-electron chi connectivity index (χ4n) is 2.98. The summed E-state index contributed by atoms with van der Waals surface area (Å²) in [5.74, 6) is -1.77. The highest BCUT2D eigenvalue weighted by Gasteiger charge is 2.28. The molecule has 0 N–H and O–H groups in total. The SMILES string of the molecule is C=C/C(=C/N1C(=C)CN=C(c2c(F)cccc2F)c2c1ccc(Cl)c2Cl)C(C)=O. The van der Waals surface area contributed by atoms with Crippen molar-refractivity contribution in [2.75, 3.05) is 11.4 Å². The number of fused-ring (bicyclic) bond motifs is 1. The van der Waals surface area contributed by atoms with Crippen LogP contribution in [0.2, 0.25) is 10.0 Å². The zero-order valence-corrected chi connectivity index (χ0v) is 17.0. The third kappa shape index (κ3) is 3.88. The van der Waals surface area contributed by atoms with Crippen LogP contribution in [0, 0.1) is 11.6 Å². The van der Waals surface area contributed by atoms with Gasteiger partial charge in [-0.3, -0.25) is 9.79 Å². The number of hydrogen-bond acceptors (Lipinski definition) is 3. The average molecular weight is 433 g/mol. The summed E-state index contributed by atoms with van der Waals surface area (Å²) in [6, 6.07) is 6.73. The lowest BCUT2D eigenvalue weighted by atomic mass is 9.99. The molecular weight excluding hydrogens is 417 g/mol. The molecule has 0 fully saturated rings. The molecule has 0 spiro atoms. The Morgan fingerprint density at radius 1 is 1.17 bits per heavy atom. The van der Waals surface area contributed by atoms with E-state index in [0.717, 1.165) is 12.1 Å².